The van der Waals surface area contributed by atoms with E-state index in [0.717, 1.165) is 41.7 Å². The summed E-state index contributed by atoms with van der Waals surface area (Å²) < 4.78 is 7.89. The summed E-state index contributed by atoms with van der Waals surface area (Å²) in [6, 6.07) is 7.74. The number of aromatic nitrogens is 3. The largest absolute Gasteiger partial charge is 0.494 e. The van der Waals surface area contributed by atoms with Crippen molar-refractivity contribution < 1.29 is 9.53 Å². The van der Waals surface area contributed by atoms with Crippen molar-refractivity contribution >= 4 is 29.9 Å². The van der Waals surface area contributed by atoms with Gasteiger partial charge < -0.3 is 9.64 Å². The second kappa shape index (κ2) is 8.53. The Bertz CT molecular complexity index is 764. The van der Waals surface area contributed by atoms with Crippen molar-refractivity contribution in [2.45, 2.75) is 19.9 Å². The van der Waals surface area contributed by atoms with Gasteiger partial charge in [0.1, 0.15) is 5.75 Å². The van der Waals surface area contributed by atoms with Crippen LogP contribution in [0.5, 0.6) is 5.75 Å². The summed E-state index contributed by atoms with van der Waals surface area (Å²) in [6.07, 6.45) is 0.433. The molecule has 25 heavy (non-hydrogen) atoms. The second-order valence-electron chi connectivity index (χ2n) is 5.70. The fraction of sp³-hybridized carbons (Fsp3) is 0.471. The summed E-state index contributed by atoms with van der Waals surface area (Å²) in [4.78, 5) is 14.3. The van der Waals surface area contributed by atoms with Gasteiger partial charge in [-0.3, -0.25) is 14.5 Å². The first kappa shape index (κ1) is 18.0. The van der Waals surface area contributed by atoms with E-state index in [2.05, 4.69) is 10.2 Å². The molecule has 1 aromatic heterocycles. The van der Waals surface area contributed by atoms with E-state index in [0.29, 0.717) is 24.3 Å². The van der Waals surface area contributed by atoms with Crippen LogP contribution in [0.3, 0.4) is 0 Å². The highest BCUT2D eigenvalue weighted by Gasteiger charge is 2.17. The average molecular weight is 379 g/mol. The Balaban J connectivity index is 1.70. The van der Waals surface area contributed by atoms with Crippen LogP contribution in [0.1, 0.15) is 13.3 Å². The second-order valence-corrected chi connectivity index (χ2v) is 7.32. The molecule has 0 bridgehead atoms. The lowest BCUT2D eigenvalue weighted by Crippen LogP contribution is -2.38. The van der Waals surface area contributed by atoms with Crippen LogP contribution in [0.4, 0.5) is 0 Å². The molecule has 0 atom stereocenters. The smallest absolute Gasteiger partial charge is 0.224 e. The zero-order valence-electron chi connectivity index (χ0n) is 14.2. The third-order valence-electron chi connectivity index (χ3n) is 4.09. The first-order chi connectivity index (χ1) is 12.2. The molecule has 0 spiro atoms. The molecule has 0 unspecified atom stereocenters. The van der Waals surface area contributed by atoms with Gasteiger partial charge in [0.25, 0.3) is 0 Å². The standard InChI is InChI=1S/C17H22N4O2S2/c1-2-23-14-5-3-13(4-6-14)16-18-19-17(24)21(16)8-7-15(22)20-9-11-25-12-10-20/h3-6H,2,7-12H2,1H3,(H,19,24). The zero-order valence-corrected chi connectivity index (χ0v) is 15.9. The minimum absolute atomic E-state index is 0.182. The first-order valence-corrected chi connectivity index (χ1v) is 9.99. The van der Waals surface area contributed by atoms with Crippen molar-refractivity contribution in [3.8, 4) is 17.1 Å². The van der Waals surface area contributed by atoms with Gasteiger partial charge in [-0.05, 0) is 43.4 Å². The Labute approximate surface area is 156 Å². The van der Waals surface area contributed by atoms with E-state index in [9.17, 15) is 4.79 Å². The maximum atomic E-state index is 12.4. The number of nitrogens with one attached hydrogen (secondary N) is 1. The Morgan fingerprint density at radius 2 is 2.04 bits per heavy atom. The number of carbonyl (C=O) groups is 1. The Morgan fingerprint density at radius 3 is 2.72 bits per heavy atom. The molecule has 0 saturated carbocycles. The van der Waals surface area contributed by atoms with Crippen LogP contribution in [0.15, 0.2) is 24.3 Å². The van der Waals surface area contributed by atoms with Crippen LogP contribution in [-0.4, -0.2) is 56.8 Å². The molecule has 0 aliphatic carbocycles. The summed E-state index contributed by atoms with van der Waals surface area (Å²) in [5.41, 5.74) is 0.942. The van der Waals surface area contributed by atoms with Gasteiger partial charge in [-0.1, -0.05) is 0 Å². The Morgan fingerprint density at radius 1 is 1.32 bits per heavy atom. The summed E-state index contributed by atoms with van der Waals surface area (Å²) in [7, 11) is 0. The zero-order chi connectivity index (χ0) is 17.6. The van der Waals surface area contributed by atoms with Crippen molar-refractivity contribution in [3.05, 3.63) is 29.0 Å². The number of ether oxygens (including phenoxy) is 1. The van der Waals surface area contributed by atoms with Crippen molar-refractivity contribution in [3.63, 3.8) is 0 Å². The van der Waals surface area contributed by atoms with Crippen LogP contribution in [0.25, 0.3) is 11.4 Å². The van der Waals surface area contributed by atoms with E-state index in [1.165, 1.54) is 0 Å². The molecule has 134 valence electrons. The number of amides is 1. The lowest BCUT2D eigenvalue weighted by atomic mass is 10.2. The van der Waals surface area contributed by atoms with Crippen molar-refractivity contribution in [1.82, 2.24) is 19.7 Å². The highest BCUT2D eigenvalue weighted by molar-refractivity contribution is 7.99. The topological polar surface area (TPSA) is 63.1 Å². The number of thioether (sulfide) groups is 1. The number of aromatic amines is 1. The lowest BCUT2D eigenvalue weighted by molar-refractivity contribution is -0.131. The maximum absolute atomic E-state index is 12.4. The van der Waals surface area contributed by atoms with Gasteiger partial charge in [0, 0.05) is 43.1 Å². The molecule has 1 amide bonds. The first-order valence-electron chi connectivity index (χ1n) is 8.43. The Hall–Kier alpha value is -1.80. The molecule has 8 heteroatoms. The van der Waals surface area contributed by atoms with Crippen LogP contribution in [0, 0.1) is 4.77 Å². The number of carbonyl (C=O) groups excluding carboxylic acids is 1. The Kier molecular flexibility index (Phi) is 6.14. The fourth-order valence-electron chi connectivity index (χ4n) is 2.79. The fourth-order valence-corrected chi connectivity index (χ4v) is 3.92. The highest BCUT2D eigenvalue weighted by Crippen LogP contribution is 2.21. The quantitative estimate of drug-likeness (QED) is 0.783. The summed E-state index contributed by atoms with van der Waals surface area (Å²) in [5, 5.41) is 7.16. The molecular weight excluding hydrogens is 356 g/mol. The molecular formula is C17H22N4O2S2. The van der Waals surface area contributed by atoms with Crippen molar-refractivity contribution in [2.24, 2.45) is 0 Å². The highest BCUT2D eigenvalue weighted by atomic mass is 32.2. The molecule has 1 N–H and O–H groups in total. The maximum Gasteiger partial charge on any atom is 0.224 e. The normalized spacial score (nSPS) is 14.5. The molecule has 3 rings (SSSR count). The van der Waals surface area contributed by atoms with Gasteiger partial charge in [-0.2, -0.15) is 16.9 Å². The third kappa shape index (κ3) is 4.43. The number of rotatable bonds is 6. The molecule has 0 radical (unpaired) electrons. The van der Waals surface area contributed by atoms with E-state index < -0.39 is 0 Å². The van der Waals surface area contributed by atoms with Gasteiger partial charge in [0.2, 0.25) is 5.91 Å². The minimum Gasteiger partial charge on any atom is -0.494 e. The third-order valence-corrected chi connectivity index (χ3v) is 5.35. The SMILES string of the molecule is CCOc1ccc(-c2n[nH]c(=S)n2CCC(=O)N2CCSCC2)cc1. The molecule has 1 aliphatic heterocycles. The monoisotopic (exact) mass is 378 g/mol. The van der Waals surface area contributed by atoms with Gasteiger partial charge in [0.15, 0.2) is 10.6 Å². The number of benzene rings is 1. The number of hydrogen-bond donors (Lipinski definition) is 1. The molecule has 2 heterocycles. The molecule has 1 saturated heterocycles. The van der Waals surface area contributed by atoms with E-state index in [-0.39, 0.29) is 5.91 Å². The lowest BCUT2D eigenvalue weighted by Gasteiger charge is -2.26. The van der Waals surface area contributed by atoms with Crippen LogP contribution < -0.4 is 4.74 Å². The van der Waals surface area contributed by atoms with Crippen LogP contribution in [0.2, 0.25) is 0 Å². The van der Waals surface area contributed by atoms with Gasteiger partial charge >= 0.3 is 0 Å². The molecule has 2 aromatic rings. The minimum atomic E-state index is 0.182. The molecule has 6 nitrogen and oxygen atoms in total. The number of H-pyrrole nitrogens is 1. The predicted molar refractivity (Wildman–Crippen MR) is 103 cm³/mol. The molecule has 1 fully saturated rings. The van der Waals surface area contributed by atoms with Gasteiger partial charge in [-0.15, -0.1) is 0 Å². The van der Waals surface area contributed by atoms with Gasteiger partial charge in [-0.25, -0.2) is 0 Å². The molecule has 1 aromatic carbocycles. The van der Waals surface area contributed by atoms with Crippen molar-refractivity contribution in [2.75, 3.05) is 31.2 Å². The van der Waals surface area contributed by atoms with Crippen LogP contribution in [-0.2, 0) is 11.3 Å². The van der Waals surface area contributed by atoms with Crippen molar-refractivity contribution in [1.29, 1.82) is 0 Å². The summed E-state index contributed by atoms with van der Waals surface area (Å²) >= 11 is 7.24. The summed E-state index contributed by atoms with van der Waals surface area (Å²) in [5.74, 6) is 3.80. The predicted octanol–water partition coefficient (Wildman–Crippen LogP) is 2.97. The average Bonchev–Trinajstić information content (AvgIpc) is 3.02. The van der Waals surface area contributed by atoms with E-state index in [1.54, 1.807) is 0 Å². The van der Waals surface area contributed by atoms with E-state index in [4.69, 9.17) is 17.0 Å². The number of hydrogen-bond acceptors (Lipinski definition) is 5. The van der Waals surface area contributed by atoms with E-state index >= 15 is 0 Å². The molecule has 1 aliphatic rings. The van der Waals surface area contributed by atoms with Crippen LogP contribution >= 0.6 is 24.0 Å². The summed E-state index contributed by atoms with van der Waals surface area (Å²) in [6.45, 7) is 4.80. The number of nitrogens with zero attached hydrogens (tertiary/aromatic N) is 3. The van der Waals surface area contributed by atoms with Gasteiger partial charge in [0.05, 0.1) is 6.61 Å². The van der Waals surface area contributed by atoms with E-state index in [1.807, 2.05) is 52.4 Å².